The Labute approximate surface area is 156 Å². The van der Waals surface area contributed by atoms with Gasteiger partial charge in [-0.1, -0.05) is 50.8 Å². The molecule has 5 nitrogen and oxygen atoms in total. The summed E-state index contributed by atoms with van der Waals surface area (Å²) >= 11 is 6.09. The Kier molecular flexibility index (Phi) is 8.73. The second-order valence-electron chi connectivity index (χ2n) is 6.37. The minimum absolute atomic E-state index is 0.246. The topological polar surface area (TPSA) is 66.5 Å². The summed E-state index contributed by atoms with van der Waals surface area (Å²) in [5.74, 6) is 0.114. The number of nitrogens with zero attached hydrogens (tertiary/aromatic N) is 1. The molecule has 1 amide bonds. The Hall–Kier alpha value is -1.27. The maximum atomic E-state index is 12.3. The lowest BCUT2D eigenvalue weighted by molar-refractivity contribution is -0.119. The third-order valence-corrected chi connectivity index (χ3v) is 5.86. The molecule has 25 heavy (non-hydrogen) atoms. The van der Waals surface area contributed by atoms with E-state index in [1.165, 1.54) is 0 Å². The lowest BCUT2D eigenvalue weighted by atomic mass is 9.99. The molecule has 1 rings (SSSR count). The fourth-order valence-electron chi connectivity index (χ4n) is 2.64. The Morgan fingerprint density at radius 2 is 2.00 bits per heavy atom. The van der Waals surface area contributed by atoms with Crippen molar-refractivity contribution in [3.05, 3.63) is 28.8 Å². The van der Waals surface area contributed by atoms with E-state index < -0.39 is 10.0 Å². The third kappa shape index (κ3) is 6.86. The van der Waals surface area contributed by atoms with Crippen LogP contribution in [0.25, 0.3) is 0 Å². The van der Waals surface area contributed by atoms with Crippen LogP contribution in [0.5, 0.6) is 0 Å². The Balaban J connectivity index is 2.83. The molecule has 7 heteroatoms. The van der Waals surface area contributed by atoms with Gasteiger partial charge in [0.25, 0.3) is 0 Å². The van der Waals surface area contributed by atoms with Crippen LogP contribution in [0.3, 0.4) is 0 Å². The molecule has 1 aromatic carbocycles. The summed E-state index contributed by atoms with van der Waals surface area (Å²) in [7, 11) is -3.60. The summed E-state index contributed by atoms with van der Waals surface area (Å²) in [4.78, 5) is 12.3. The molecule has 1 aromatic rings. The summed E-state index contributed by atoms with van der Waals surface area (Å²) < 4.78 is 25.4. The number of benzene rings is 1. The molecule has 0 radical (unpaired) electrons. The van der Waals surface area contributed by atoms with Crippen molar-refractivity contribution in [2.45, 2.75) is 46.5 Å². The van der Waals surface area contributed by atoms with Crippen LogP contribution in [0.2, 0.25) is 5.02 Å². The molecule has 0 saturated heterocycles. The van der Waals surface area contributed by atoms with Crippen molar-refractivity contribution in [3.63, 3.8) is 0 Å². The van der Waals surface area contributed by atoms with E-state index in [4.69, 9.17) is 11.6 Å². The van der Waals surface area contributed by atoms with E-state index in [9.17, 15) is 13.2 Å². The van der Waals surface area contributed by atoms with Gasteiger partial charge in [0.05, 0.1) is 11.9 Å². The number of rotatable bonds is 10. The third-order valence-electron chi connectivity index (χ3n) is 4.33. The lowest BCUT2D eigenvalue weighted by Gasteiger charge is -2.24. The number of sulfonamides is 1. The summed E-state index contributed by atoms with van der Waals surface area (Å²) in [5, 5.41) is 3.34. The Morgan fingerprint density at radius 1 is 1.32 bits per heavy atom. The summed E-state index contributed by atoms with van der Waals surface area (Å²) in [6, 6.07) is 5.03. The van der Waals surface area contributed by atoms with Gasteiger partial charge in [0.15, 0.2) is 0 Å². The zero-order valence-electron chi connectivity index (χ0n) is 15.5. The molecule has 142 valence electrons. The number of hydrogen-bond donors (Lipinski definition) is 1. The van der Waals surface area contributed by atoms with Crippen LogP contribution in [0.4, 0.5) is 5.69 Å². The largest absolute Gasteiger partial charge is 0.354 e. The zero-order valence-corrected chi connectivity index (χ0v) is 17.1. The van der Waals surface area contributed by atoms with Crippen LogP contribution in [0.1, 0.15) is 45.1 Å². The molecule has 0 aliphatic rings. The second-order valence-corrected chi connectivity index (χ2v) is 8.69. The van der Waals surface area contributed by atoms with Crippen molar-refractivity contribution in [2.75, 3.05) is 23.7 Å². The number of halogens is 1. The molecule has 0 fully saturated rings. The van der Waals surface area contributed by atoms with Crippen LogP contribution in [-0.2, 0) is 14.8 Å². The van der Waals surface area contributed by atoms with Crippen molar-refractivity contribution in [2.24, 2.45) is 5.92 Å². The fraction of sp³-hybridized carbons (Fsp3) is 0.611. The highest BCUT2D eigenvalue weighted by molar-refractivity contribution is 7.92. The predicted octanol–water partition coefficient (Wildman–Crippen LogP) is 3.75. The average molecular weight is 389 g/mol. The van der Waals surface area contributed by atoms with Gasteiger partial charge in [-0.25, -0.2) is 8.42 Å². The average Bonchev–Trinajstić information content (AvgIpc) is 2.55. The van der Waals surface area contributed by atoms with E-state index in [2.05, 4.69) is 19.2 Å². The van der Waals surface area contributed by atoms with Gasteiger partial charge in [-0.15, -0.1) is 0 Å². The summed E-state index contributed by atoms with van der Waals surface area (Å²) in [5.41, 5.74) is 1.07. The van der Waals surface area contributed by atoms with Gasteiger partial charge < -0.3 is 5.32 Å². The minimum atomic E-state index is -3.60. The molecule has 0 saturated carbocycles. The van der Waals surface area contributed by atoms with E-state index in [0.29, 0.717) is 28.7 Å². The molecule has 1 atom stereocenters. The van der Waals surface area contributed by atoms with Crippen LogP contribution in [0, 0.1) is 12.8 Å². The first-order valence-electron chi connectivity index (χ1n) is 8.70. The number of nitrogens with one attached hydrogen (secondary N) is 1. The smallest absolute Gasteiger partial charge is 0.240 e. The van der Waals surface area contributed by atoms with Crippen LogP contribution in [0.15, 0.2) is 18.2 Å². The molecule has 0 spiro atoms. The van der Waals surface area contributed by atoms with Crippen molar-refractivity contribution in [3.8, 4) is 0 Å². The molecule has 0 aliphatic heterocycles. The van der Waals surface area contributed by atoms with Gasteiger partial charge in [-0.05, 0) is 37.0 Å². The second kappa shape index (κ2) is 10.0. The Morgan fingerprint density at radius 3 is 2.56 bits per heavy atom. The number of carbonyl (C=O) groups is 1. The molecule has 1 N–H and O–H groups in total. The van der Waals surface area contributed by atoms with E-state index >= 15 is 0 Å². The highest BCUT2D eigenvalue weighted by Gasteiger charge is 2.23. The molecular formula is C18H29ClN2O3S. The zero-order chi connectivity index (χ0) is 19.0. The molecule has 0 unspecified atom stereocenters. The SMILES string of the molecule is CCCC[C@H](CC)CNC(=O)CN(c1cccc(Cl)c1C)S(C)(=O)=O. The summed E-state index contributed by atoms with van der Waals surface area (Å²) in [6.45, 7) is 6.31. The van der Waals surface area contributed by atoms with Crippen LogP contribution >= 0.6 is 11.6 Å². The normalized spacial score (nSPS) is 12.7. The van der Waals surface area contributed by atoms with Gasteiger partial charge in [0.2, 0.25) is 15.9 Å². The number of hydrogen-bond acceptors (Lipinski definition) is 3. The van der Waals surface area contributed by atoms with E-state index in [0.717, 1.165) is 36.2 Å². The quantitative estimate of drug-likeness (QED) is 0.663. The molecule has 0 aliphatic carbocycles. The monoisotopic (exact) mass is 388 g/mol. The Bertz CT molecular complexity index is 677. The maximum Gasteiger partial charge on any atom is 0.240 e. The lowest BCUT2D eigenvalue weighted by Crippen LogP contribution is -2.42. The number of anilines is 1. The standard InChI is InChI=1S/C18H29ClN2O3S/c1-5-7-9-15(6-2)12-20-18(22)13-21(25(4,23)24)17-11-8-10-16(19)14(17)3/h8,10-11,15H,5-7,9,12-13H2,1-4H3,(H,20,22)/t15-/m0/s1. The molecular weight excluding hydrogens is 360 g/mol. The van der Waals surface area contributed by atoms with E-state index in [1.54, 1.807) is 25.1 Å². The molecule has 0 bridgehead atoms. The number of unbranched alkanes of at least 4 members (excludes halogenated alkanes) is 1. The first-order valence-corrected chi connectivity index (χ1v) is 10.9. The van der Waals surface area contributed by atoms with Gasteiger partial charge >= 0.3 is 0 Å². The first-order chi connectivity index (χ1) is 11.7. The van der Waals surface area contributed by atoms with Gasteiger partial charge in [0, 0.05) is 11.6 Å². The van der Waals surface area contributed by atoms with Crippen LogP contribution < -0.4 is 9.62 Å². The van der Waals surface area contributed by atoms with Crippen molar-refractivity contribution >= 4 is 33.2 Å². The van der Waals surface area contributed by atoms with E-state index in [1.807, 2.05) is 0 Å². The van der Waals surface area contributed by atoms with Crippen molar-refractivity contribution in [1.29, 1.82) is 0 Å². The number of carbonyl (C=O) groups excluding carboxylic acids is 1. The number of amides is 1. The highest BCUT2D eigenvalue weighted by Crippen LogP contribution is 2.28. The molecule has 0 heterocycles. The fourth-order valence-corrected chi connectivity index (χ4v) is 3.71. The highest BCUT2D eigenvalue weighted by atomic mass is 35.5. The van der Waals surface area contributed by atoms with Crippen LogP contribution in [-0.4, -0.2) is 33.7 Å². The minimum Gasteiger partial charge on any atom is -0.354 e. The first kappa shape index (κ1) is 21.8. The van der Waals surface area contributed by atoms with Gasteiger partial charge in [0.1, 0.15) is 6.54 Å². The van der Waals surface area contributed by atoms with Crippen molar-refractivity contribution in [1.82, 2.24) is 5.32 Å². The van der Waals surface area contributed by atoms with E-state index in [-0.39, 0.29) is 12.5 Å². The molecule has 0 aromatic heterocycles. The summed E-state index contributed by atoms with van der Waals surface area (Å²) in [6.07, 6.45) is 5.41. The van der Waals surface area contributed by atoms with Crippen molar-refractivity contribution < 1.29 is 13.2 Å². The maximum absolute atomic E-state index is 12.3. The van der Waals surface area contributed by atoms with Gasteiger partial charge in [-0.3, -0.25) is 9.10 Å². The predicted molar refractivity (Wildman–Crippen MR) is 105 cm³/mol. The van der Waals surface area contributed by atoms with Gasteiger partial charge in [-0.2, -0.15) is 0 Å².